The first-order valence-corrected chi connectivity index (χ1v) is 5.60. The minimum Gasteiger partial charge on any atom is -0.335 e. The Morgan fingerprint density at radius 3 is 2.47 bits per heavy atom. The lowest BCUT2D eigenvalue weighted by molar-refractivity contribution is -0.136. The van der Waals surface area contributed by atoms with Gasteiger partial charge in [-0.1, -0.05) is 12.1 Å². The van der Waals surface area contributed by atoms with Crippen LogP contribution in [0.1, 0.15) is 11.1 Å². The molecule has 17 heavy (non-hydrogen) atoms. The molecular formula is C13H16N2O2. The Morgan fingerprint density at radius 1 is 1.06 bits per heavy atom. The van der Waals surface area contributed by atoms with Crippen molar-refractivity contribution in [2.45, 2.75) is 13.8 Å². The molecule has 0 bridgehead atoms. The number of benzene rings is 1. The first-order valence-electron chi connectivity index (χ1n) is 5.60. The number of amides is 2. The predicted molar refractivity (Wildman–Crippen MR) is 65.9 cm³/mol. The van der Waals surface area contributed by atoms with Crippen molar-refractivity contribution in [1.29, 1.82) is 0 Å². The summed E-state index contributed by atoms with van der Waals surface area (Å²) in [7, 11) is 1.65. The molecule has 0 aromatic heterocycles. The number of likely N-dealkylation sites (N-methyl/N-ethyl adjacent to an activating group) is 1. The summed E-state index contributed by atoms with van der Waals surface area (Å²) >= 11 is 0. The van der Waals surface area contributed by atoms with Gasteiger partial charge in [-0.25, -0.2) is 0 Å². The lowest BCUT2D eigenvalue weighted by Gasteiger charge is -2.32. The molecular weight excluding hydrogens is 216 g/mol. The molecule has 0 atom stereocenters. The molecule has 4 heteroatoms. The van der Waals surface area contributed by atoms with Crippen LogP contribution in [0.25, 0.3) is 0 Å². The fourth-order valence-corrected chi connectivity index (χ4v) is 1.95. The van der Waals surface area contributed by atoms with Crippen molar-refractivity contribution < 1.29 is 9.59 Å². The van der Waals surface area contributed by atoms with E-state index in [1.54, 1.807) is 11.9 Å². The van der Waals surface area contributed by atoms with Crippen LogP contribution in [0.2, 0.25) is 0 Å². The van der Waals surface area contributed by atoms with E-state index >= 15 is 0 Å². The first-order chi connectivity index (χ1) is 7.99. The molecule has 1 aliphatic rings. The van der Waals surface area contributed by atoms with E-state index in [1.807, 2.05) is 32.0 Å². The molecule has 4 nitrogen and oxygen atoms in total. The fraction of sp³-hybridized carbons (Fsp3) is 0.385. The first kappa shape index (κ1) is 11.6. The van der Waals surface area contributed by atoms with E-state index in [9.17, 15) is 9.59 Å². The van der Waals surface area contributed by atoms with E-state index < -0.39 is 0 Å². The van der Waals surface area contributed by atoms with E-state index in [0.29, 0.717) is 0 Å². The van der Waals surface area contributed by atoms with Crippen LogP contribution in [0.3, 0.4) is 0 Å². The molecule has 2 amide bonds. The lowest BCUT2D eigenvalue weighted by atomic mass is 10.1. The minimum absolute atomic E-state index is 0.0227. The summed E-state index contributed by atoms with van der Waals surface area (Å²) in [5.74, 6) is -0.0497. The quantitative estimate of drug-likeness (QED) is 0.727. The SMILES string of the molecule is Cc1ccc(C)c(N2CC(=O)N(C)CC2=O)c1. The van der Waals surface area contributed by atoms with Crippen LogP contribution in [-0.4, -0.2) is 36.9 Å². The second-order valence-electron chi connectivity index (χ2n) is 4.52. The van der Waals surface area contributed by atoms with Gasteiger partial charge >= 0.3 is 0 Å². The van der Waals surface area contributed by atoms with Crippen LogP contribution in [-0.2, 0) is 9.59 Å². The average Bonchev–Trinajstić information content (AvgIpc) is 2.27. The summed E-state index contributed by atoms with van der Waals surface area (Å²) in [6.07, 6.45) is 0. The van der Waals surface area contributed by atoms with Crippen molar-refractivity contribution in [3.05, 3.63) is 29.3 Å². The maximum absolute atomic E-state index is 11.9. The Morgan fingerprint density at radius 2 is 1.76 bits per heavy atom. The van der Waals surface area contributed by atoms with Crippen LogP contribution < -0.4 is 4.90 Å². The number of carbonyl (C=O) groups excluding carboxylic acids is 2. The normalized spacial score (nSPS) is 16.6. The minimum atomic E-state index is -0.0270. The van der Waals surface area contributed by atoms with Crippen molar-refractivity contribution in [1.82, 2.24) is 4.90 Å². The molecule has 0 spiro atoms. The third-order valence-electron chi connectivity index (χ3n) is 3.05. The number of carbonyl (C=O) groups is 2. The highest BCUT2D eigenvalue weighted by Gasteiger charge is 2.29. The topological polar surface area (TPSA) is 40.6 Å². The molecule has 1 heterocycles. The molecule has 1 saturated heterocycles. The highest BCUT2D eigenvalue weighted by molar-refractivity contribution is 6.04. The summed E-state index contributed by atoms with van der Waals surface area (Å²) in [6.45, 7) is 4.22. The molecule has 2 rings (SSSR count). The summed E-state index contributed by atoms with van der Waals surface area (Å²) in [4.78, 5) is 26.6. The Balaban J connectivity index is 2.36. The van der Waals surface area contributed by atoms with Crippen LogP contribution in [0.15, 0.2) is 18.2 Å². The van der Waals surface area contributed by atoms with Gasteiger partial charge in [0, 0.05) is 12.7 Å². The highest BCUT2D eigenvalue weighted by Crippen LogP contribution is 2.23. The molecule has 1 fully saturated rings. The van der Waals surface area contributed by atoms with Gasteiger partial charge in [0.2, 0.25) is 11.8 Å². The number of rotatable bonds is 1. The Bertz CT molecular complexity index is 482. The smallest absolute Gasteiger partial charge is 0.247 e. The Labute approximate surface area is 101 Å². The number of piperazine rings is 1. The third-order valence-corrected chi connectivity index (χ3v) is 3.05. The van der Waals surface area contributed by atoms with E-state index in [1.165, 1.54) is 4.90 Å². The van der Waals surface area contributed by atoms with Crippen molar-refractivity contribution in [2.24, 2.45) is 0 Å². The monoisotopic (exact) mass is 232 g/mol. The van der Waals surface area contributed by atoms with Gasteiger partial charge in [-0.15, -0.1) is 0 Å². The molecule has 0 unspecified atom stereocenters. The van der Waals surface area contributed by atoms with Crippen molar-refractivity contribution in [3.8, 4) is 0 Å². The van der Waals surface area contributed by atoms with Gasteiger partial charge in [0.05, 0.1) is 6.54 Å². The second kappa shape index (κ2) is 4.20. The van der Waals surface area contributed by atoms with E-state index in [0.717, 1.165) is 16.8 Å². The van der Waals surface area contributed by atoms with Gasteiger partial charge in [0.25, 0.3) is 0 Å². The molecule has 0 radical (unpaired) electrons. The van der Waals surface area contributed by atoms with Gasteiger partial charge in [-0.2, -0.15) is 0 Å². The zero-order valence-electron chi connectivity index (χ0n) is 10.4. The van der Waals surface area contributed by atoms with Crippen LogP contribution in [0.4, 0.5) is 5.69 Å². The predicted octanol–water partition coefficient (Wildman–Crippen LogP) is 1.11. The zero-order valence-corrected chi connectivity index (χ0v) is 10.4. The number of anilines is 1. The Kier molecular flexibility index (Phi) is 2.88. The molecule has 1 aromatic rings. The van der Waals surface area contributed by atoms with E-state index in [2.05, 4.69) is 0 Å². The summed E-state index contributed by atoms with van der Waals surface area (Å²) < 4.78 is 0. The maximum Gasteiger partial charge on any atom is 0.247 e. The largest absolute Gasteiger partial charge is 0.335 e. The van der Waals surface area contributed by atoms with Gasteiger partial charge < -0.3 is 9.80 Å². The molecule has 0 N–H and O–H groups in total. The van der Waals surface area contributed by atoms with Gasteiger partial charge in [-0.05, 0) is 31.0 Å². The fourth-order valence-electron chi connectivity index (χ4n) is 1.95. The van der Waals surface area contributed by atoms with Gasteiger partial charge in [-0.3, -0.25) is 9.59 Å². The molecule has 1 aromatic carbocycles. The molecule has 0 aliphatic carbocycles. The number of nitrogens with zero attached hydrogens (tertiary/aromatic N) is 2. The molecule has 0 saturated carbocycles. The van der Waals surface area contributed by atoms with Crippen LogP contribution >= 0.6 is 0 Å². The summed E-state index contributed by atoms with van der Waals surface area (Å²) in [6, 6.07) is 5.92. The second-order valence-corrected chi connectivity index (χ2v) is 4.52. The number of aryl methyl sites for hydroxylation is 2. The van der Waals surface area contributed by atoms with Crippen molar-refractivity contribution in [3.63, 3.8) is 0 Å². The van der Waals surface area contributed by atoms with E-state index in [-0.39, 0.29) is 24.9 Å². The van der Waals surface area contributed by atoms with Crippen molar-refractivity contribution >= 4 is 17.5 Å². The zero-order chi connectivity index (χ0) is 12.6. The summed E-state index contributed by atoms with van der Waals surface area (Å²) in [5, 5.41) is 0. The third kappa shape index (κ3) is 2.16. The Hall–Kier alpha value is -1.84. The lowest BCUT2D eigenvalue weighted by Crippen LogP contribution is -2.52. The van der Waals surface area contributed by atoms with Gasteiger partial charge in [0.1, 0.15) is 6.54 Å². The molecule has 90 valence electrons. The van der Waals surface area contributed by atoms with Gasteiger partial charge in [0.15, 0.2) is 0 Å². The van der Waals surface area contributed by atoms with Crippen LogP contribution in [0.5, 0.6) is 0 Å². The number of hydrogen-bond acceptors (Lipinski definition) is 2. The highest BCUT2D eigenvalue weighted by atomic mass is 16.2. The standard InChI is InChI=1S/C13H16N2O2/c1-9-4-5-10(2)11(6-9)15-8-12(16)14(3)7-13(15)17/h4-6H,7-8H2,1-3H3. The molecule has 1 aliphatic heterocycles. The van der Waals surface area contributed by atoms with E-state index in [4.69, 9.17) is 0 Å². The van der Waals surface area contributed by atoms with Crippen molar-refractivity contribution in [2.75, 3.05) is 25.0 Å². The maximum atomic E-state index is 11.9. The average molecular weight is 232 g/mol. The number of hydrogen-bond donors (Lipinski definition) is 0. The summed E-state index contributed by atoms with van der Waals surface area (Å²) in [5.41, 5.74) is 2.95. The van der Waals surface area contributed by atoms with Crippen LogP contribution in [0, 0.1) is 13.8 Å².